The molecule has 0 saturated heterocycles. The predicted molar refractivity (Wildman–Crippen MR) is 124 cm³/mol. The van der Waals surface area contributed by atoms with E-state index in [9.17, 15) is 8.42 Å². The van der Waals surface area contributed by atoms with Gasteiger partial charge in [-0.25, -0.2) is 13.4 Å². The van der Waals surface area contributed by atoms with Crippen LogP contribution in [0.5, 0.6) is 5.75 Å². The lowest BCUT2D eigenvalue weighted by atomic mass is 10.2. The van der Waals surface area contributed by atoms with E-state index in [1.807, 2.05) is 25.1 Å². The average Bonchev–Trinajstić information content (AvgIpc) is 3.46. The van der Waals surface area contributed by atoms with Gasteiger partial charge in [-0.3, -0.25) is 4.68 Å². The van der Waals surface area contributed by atoms with Crippen molar-refractivity contribution in [1.82, 2.24) is 19.7 Å². The quantitative estimate of drug-likeness (QED) is 0.492. The smallest absolute Gasteiger partial charge is 0.229 e. The number of halogens is 1. The van der Waals surface area contributed by atoms with Crippen molar-refractivity contribution in [2.45, 2.75) is 50.0 Å². The van der Waals surface area contributed by atoms with Crippen molar-refractivity contribution in [3.05, 3.63) is 41.2 Å². The molecule has 9 nitrogen and oxygen atoms in total. The van der Waals surface area contributed by atoms with Crippen LogP contribution in [0.3, 0.4) is 0 Å². The molecule has 1 aliphatic rings. The van der Waals surface area contributed by atoms with Crippen molar-refractivity contribution in [1.29, 1.82) is 0 Å². The van der Waals surface area contributed by atoms with Crippen LogP contribution in [0, 0.1) is 6.92 Å². The molecule has 32 heavy (non-hydrogen) atoms. The molecule has 0 spiro atoms. The molecule has 170 valence electrons. The molecule has 0 amide bonds. The Labute approximate surface area is 192 Å². The van der Waals surface area contributed by atoms with Gasteiger partial charge in [0.2, 0.25) is 20.8 Å². The summed E-state index contributed by atoms with van der Waals surface area (Å²) < 4.78 is 32.8. The Morgan fingerprint density at radius 3 is 2.66 bits per heavy atom. The molecule has 2 aromatic heterocycles. The van der Waals surface area contributed by atoms with Crippen LogP contribution < -0.4 is 15.4 Å². The number of nitrogens with one attached hydrogen (secondary N) is 2. The fourth-order valence-corrected chi connectivity index (χ4v) is 4.20. The van der Waals surface area contributed by atoms with Gasteiger partial charge in [0, 0.05) is 13.2 Å². The van der Waals surface area contributed by atoms with E-state index in [0.29, 0.717) is 11.6 Å². The fraction of sp³-hybridized carbons (Fsp3) is 0.381. The second-order valence-corrected chi connectivity index (χ2v) is 10.9. The van der Waals surface area contributed by atoms with Gasteiger partial charge in [-0.05, 0) is 51.3 Å². The zero-order chi connectivity index (χ0) is 23.0. The fourth-order valence-electron chi connectivity index (χ4n) is 2.96. The van der Waals surface area contributed by atoms with Gasteiger partial charge in [0.15, 0.2) is 5.82 Å². The van der Waals surface area contributed by atoms with E-state index >= 15 is 0 Å². The van der Waals surface area contributed by atoms with E-state index in [1.165, 1.54) is 10.9 Å². The summed E-state index contributed by atoms with van der Waals surface area (Å²) in [5, 5.41) is 9.87. The Morgan fingerprint density at radius 2 is 1.97 bits per heavy atom. The largest absolute Gasteiger partial charge is 0.488 e. The third-order valence-corrected chi connectivity index (χ3v) is 7.24. The minimum absolute atomic E-state index is 0.0574. The van der Waals surface area contributed by atoms with Gasteiger partial charge < -0.3 is 15.4 Å². The number of aryl methyl sites for hydroxylation is 2. The third-order valence-electron chi connectivity index (χ3n) is 4.88. The second kappa shape index (κ2) is 8.59. The number of benzene rings is 1. The molecular formula is C21H25ClN6O3S. The molecular weight excluding hydrogens is 452 g/mol. The maximum atomic E-state index is 12.7. The van der Waals surface area contributed by atoms with E-state index in [1.54, 1.807) is 27.1 Å². The number of hydrogen-bond donors (Lipinski definition) is 2. The van der Waals surface area contributed by atoms with Gasteiger partial charge in [0.05, 0.1) is 28.9 Å². The summed E-state index contributed by atoms with van der Waals surface area (Å²) in [7, 11) is -1.96. The first-order valence-electron chi connectivity index (χ1n) is 10.2. The van der Waals surface area contributed by atoms with Crippen molar-refractivity contribution >= 4 is 44.6 Å². The molecule has 11 heteroatoms. The lowest BCUT2D eigenvalue weighted by Gasteiger charge is -2.14. The van der Waals surface area contributed by atoms with E-state index in [-0.39, 0.29) is 22.0 Å². The Balaban J connectivity index is 1.64. The van der Waals surface area contributed by atoms with E-state index in [0.717, 1.165) is 29.8 Å². The molecule has 1 aromatic carbocycles. The average molecular weight is 477 g/mol. The van der Waals surface area contributed by atoms with Gasteiger partial charge in [-0.1, -0.05) is 17.7 Å². The van der Waals surface area contributed by atoms with Crippen molar-refractivity contribution in [3.63, 3.8) is 0 Å². The third kappa shape index (κ3) is 4.81. The van der Waals surface area contributed by atoms with E-state index in [4.69, 9.17) is 16.3 Å². The number of aromatic nitrogens is 4. The van der Waals surface area contributed by atoms with Gasteiger partial charge in [-0.2, -0.15) is 10.1 Å². The number of ether oxygens (including phenoxy) is 1. The summed E-state index contributed by atoms with van der Waals surface area (Å²) in [6.45, 7) is 5.20. The van der Waals surface area contributed by atoms with Crippen molar-refractivity contribution in [2.75, 3.05) is 10.6 Å². The second-order valence-electron chi connectivity index (χ2n) is 8.07. The van der Waals surface area contributed by atoms with Crippen molar-refractivity contribution in [3.8, 4) is 5.75 Å². The van der Waals surface area contributed by atoms with Crippen LogP contribution in [0.4, 0.5) is 23.1 Å². The standard InChI is InChI=1S/C21H25ClN6O3S/c1-12(2)32(29,30)20-17(11-28(4)27-20)24-19-15(22)10-23-21(26-19)25-16-9-13(3)5-8-18(16)31-14-6-7-14/h5,8-12,14H,6-7H2,1-4H3,(H2,23,24,25,26). The maximum absolute atomic E-state index is 12.7. The lowest BCUT2D eigenvalue weighted by Crippen LogP contribution is -2.16. The Hall–Kier alpha value is -2.85. The first-order valence-corrected chi connectivity index (χ1v) is 12.2. The minimum Gasteiger partial charge on any atom is -0.488 e. The van der Waals surface area contributed by atoms with Crippen LogP contribution in [-0.4, -0.2) is 39.5 Å². The summed E-state index contributed by atoms with van der Waals surface area (Å²) >= 11 is 6.30. The highest BCUT2D eigenvalue weighted by atomic mass is 35.5. The van der Waals surface area contributed by atoms with Crippen LogP contribution >= 0.6 is 11.6 Å². The molecule has 1 aliphatic carbocycles. The Kier molecular flexibility index (Phi) is 6.00. The molecule has 2 heterocycles. The highest BCUT2D eigenvalue weighted by Crippen LogP contribution is 2.35. The van der Waals surface area contributed by atoms with Crippen LogP contribution in [0.25, 0.3) is 0 Å². The maximum Gasteiger partial charge on any atom is 0.229 e. The summed E-state index contributed by atoms with van der Waals surface area (Å²) in [5.74, 6) is 1.28. The molecule has 0 unspecified atom stereocenters. The Morgan fingerprint density at radius 1 is 1.22 bits per heavy atom. The highest BCUT2D eigenvalue weighted by Gasteiger charge is 2.27. The molecule has 0 bridgehead atoms. The van der Waals surface area contributed by atoms with Crippen molar-refractivity contribution < 1.29 is 13.2 Å². The molecule has 4 rings (SSSR count). The topological polar surface area (TPSA) is 111 Å². The summed E-state index contributed by atoms with van der Waals surface area (Å²) in [6, 6.07) is 5.86. The molecule has 1 saturated carbocycles. The Bertz CT molecular complexity index is 1250. The van der Waals surface area contributed by atoms with Crippen LogP contribution in [0.2, 0.25) is 5.02 Å². The van der Waals surface area contributed by atoms with Gasteiger partial charge in [-0.15, -0.1) is 0 Å². The van der Waals surface area contributed by atoms with Gasteiger partial charge >= 0.3 is 0 Å². The zero-order valence-electron chi connectivity index (χ0n) is 18.3. The SMILES string of the molecule is Cc1ccc(OC2CC2)c(Nc2ncc(Cl)c(Nc3cn(C)nc3S(=O)(=O)C(C)C)n2)c1. The number of hydrogen-bond acceptors (Lipinski definition) is 8. The van der Waals surface area contributed by atoms with Crippen LogP contribution in [0.15, 0.2) is 35.6 Å². The predicted octanol–water partition coefficient (Wildman–Crippen LogP) is 4.38. The van der Waals surface area contributed by atoms with Crippen LogP contribution in [-0.2, 0) is 16.9 Å². The molecule has 2 N–H and O–H groups in total. The highest BCUT2D eigenvalue weighted by molar-refractivity contribution is 7.92. The number of anilines is 4. The lowest BCUT2D eigenvalue weighted by molar-refractivity contribution is 0.304. The molecule has 1 fully saturated rings. The van der Waals surface area contributed by atoms with Crippen molar-refractivity contribution in [2.24, 2.45) is 7.05 Å². The number of sulfone groups is 1. The monoisotopic (exact) mass is 476 g/mol. The molecule has 0 radical (unpaired) electrons. The summed E-state index contributed by atoms with van der Waals surface area (Å²) in [4.78, 5) is 8.71. The number of rotatable bonds is 8. The molecule has 0 aliphatic heterocycles. The summed E-state index contributed by atoms with van der Waals surface area (Å²) in [6.07, 6.45) is 5.36. The first kappa shape index (κ1) is 22.3. The zero-order valence-corrected chi connectivity index (χ0v) is 19.8. The number of nitrogens with zero attached hydrogens (tertiary/aromatic N) is 4. The normalized spacial score (nSPS) is 13.9. The summed E-state index contributed by atoms with van der Waals surface area (Å²) in [5.41, 5.74) is 2.09. The first-order chi connectivity index (χ1) is 15.1. The van der Waals surface area contributed by atoms with Crippen LogP contribution in [0.1, 0.15) is 32.3 Å². The minimum atomic E-state index is -3.61. The van der Waals surface area contributed by atoms with E-state index in [2.05, 4.69) is 25.7 Å². The van der Waals surface area contributed by atoms with Gasteiger partial charge in [0.1, 0.15) is 10.8 Å². The molecule has 3 aromatic rings. The van der Waals surface area contributed by atoms with E-state index < -0.39 is 15.1 Å². The molecule has 0 atom stereocenters. The van der Waals surface area contributed by atoms with Gasteiger partial charge in [0.25, 0.3) is 0 Å².